The fourth-order valence-electron chi connectivity index (χ4n) is 1.84. The average molecular weight is 283 g/mol. The number of hydrogen-bond donors (Lipinski definition) is 2. The lowest BCUT2D eigenvalue weighted by atomic mass is 10.3. The lowest BCUT2D eigenvalue weighted by Gasteiger charge is -2.04. The second kappa shape index (κ2) is 4.68. The van der Waals surface area contributed by atoms with Crippen LogP contribution in [-0.4, -0.2) is 15.5 Å². The first-order valence-corrected chi connectivity index (χ1v) is 6.65. The summed E-state index contributed by atoms with van der Waals surface area (Å²) in [5.74, 6) is -0.00556. The molecule has 7 heteroatoms. The van der Waals surface area contributed by atoms with E-state index in [1.165, 1.54) is 15.9 Å². The maximum atomic E-state index is 12.2. The Labute approximate surface area is 118 Å². The molecule has 0 unspecified atom stereocenters. The van der Waals surface area contributed by atoms with Crippen LogP contribution in [0.5, 0.6) is 0 Å². The summed E-state index contributed by atoms with van der Waals surface area (Å²) in [5.41, 5.74) is 7.71. The number of carbonyl (C=O) groups excluding carboxylic acids is 1. The van der Waals surface area contributed by atoms with E-state index in [1.54, 1.807) is 35.0 Å². The number of nitriles is 1. The van der Waals surface area contributed by atoms with E-state index in [0.29, 0.717) is 22.8 Å². The van der Waals surface area contributed by atoms with E-state index in [1.807, 2.05) is 6.07 Å². The number of nitrogen functional groups attached to an aromatic ring is 1. The molecule has 3 N–H and O–H groups in total. The first-order valence-electron chi connectivity index (χ1n) is 5.71. The number of rotatable bonds is 2. The normalized spacial score (nSPS) is 10.3. The number of nitrogens with two attached hydrogens (primary N) is 1. The van der Waals surface area contributed by atoms with E-state index in [2.05, 4.69) is 10.4 Å². The van der Waals surface area contributed by atoms with Crippen molar-refractivity contribution in [1.29, 1.82) is 5.26 Å². The smallest absolute Gasteiger partial charge is 0.274 e. The molecule has 0 saturated heterocycles. The lowest BCUT2D eigenvalue weighted by Crippen LogP contribution is -2.15. The molecule has 3 aromatic rings. The third-order valence-electron chi connectivity index (χ3n) is 2.79. The Kier molecular flexibility index (Phi) is 2.85. The first-order chi connectivity index (χ1) is 9.69. The third kappa shape index (κ3) is 1.98. The molecule has 0 atom stereocenters. The van der Waals surface area contributed by atoms with Gasteiger partial charge in [0.15, 0.2) is 0 Å². The molecule has 20 heavy (non-hydrogen) atoms. The molecule has 0 aliphatic heterocycles. The monoisotopic (exact) mass is 283 g/mol. The topological polar surface area (TPSA) is 96.2 Å². The molecule has 98 valence electrons. The third-order valence-corrected chi connectivity index (χ3v) is 3.53. The number of hydrogen-bond acceptors (Lipinski definition) is 5. The van der Waals surface area contributed by atoms with Crippen LogP contribution in [0.1, 0.15) is 16.1 Å². The fourth-order valence-corrected chi connectivity index (χ4v) is 2.55. The second-order valence-corrected chi connectivity index (χ2v) is 4.82. The summed E-state index contributed by atoms with van der Waals surface area (Å²) in [5, 5.41) is 19.1. The van der Waals surface area contributed by atoms with Crippen LogP contribution in [0.15, 0.2) is 35.0 Å². The predicted octanol–water partition coefficient (Wildman–Crippen LogP) is 2.10. The van der Waals surface area contributed by atoms with E-state index in [0.717, 1.165) is 5.52 Å². The van der Waals surface area contributed by atoms with Crippen molar-refractivity contribution < 1.29 is 4.79 Å². The van der Waals surface area contributed by atoms with Gasteiger partial charge in [-0.25, -0.2) is 4.52 Å². The molecule has 0 bridgehead atoms. The number of carbonyl (C=O) groups is 1. The van der Waals surface area contributed by atoms with Gasteiger partial charge in [0.2, 0.25) is 0 Å². The highest BCUT2D eigenvalue weighted by Crippen LogP contribution is 2.21. The quantitative estimate of drug-likeness (QED) is 0.752. The van der Waals surface area contributed by atoms with Crippen molar-refractivity contribution in [2.75, 3.05) is 11.1 Å². The van der Waals surface area contributed by atoms with Crippen LogP contribution in [0.4, 0.5) is 11.5 Å². The van der Waals surface area contributed by atoms with Crippen molar-refractivity contribution in [1.82, 2.24) is 9.61 Å². The maximum absolute atomic E-state index is 12.2. The summed E-state index contributed by atoms with van der Waals surface area (Å²) in [7, 11) is 0. The molecule has 0 fully saturated rings. The Balaban J connectivity index is 1.97. The number of amides is 1. The molecular formula is C13H9N5OS. The van der Waals surface area contributed by atoms with Gasteiger partial charge in [0.25, 0.3) is 5.91 Å². The maximum Gasteiger partial charge on any atom is 0.274 e. The van der Waals surface area contributed by atoms with E-state index >= 15 is 0 Å². The van der Waals surface area contributed by atoms with Crippen LogP contribution in [0.3, 0.4) is 0 Å². The Hall–Kier alpha value is -2.85. The van der Waals surface area contributed by atoms with Crippen molar-refractivity contribution >= 4 is 34.3 Å². The molecule has 1 amide bonds. The lowest BCUT2D eigenvalue weighted by molar-refractivity contribution is 0.102. The minimum Gasteiger partial charge on any atom is -0.382 e. The molecule has 3 heterocycles. The van der Waals surface area contributed by atoms with Gasteiger partial charge in [0.05, 0.1) is 16.8 Å². The highest BCUT2D eigenvalue weighted by atomic mass is 32.1. The number of fused-ring (bicyclic) bond motifs is 1. The average Bonchev–Trinajstić information content (AvgIpc) is 3.04. The summed E-state index contributed by atoms with van der Waals surface area (Å²) in [4.78, 5) is 12.2. The number of nitrogens with one attached hydrogen (secondary N) is 1. The molecule has 0 aliphatic rings. The summed E-state index contributed by atoms with van der Waals surface area (Å²) in [6, 6.07) is 8.92. The van der Waals surface area contributed by atoms with E-state index in [-0.39, 0.29) is 5.91 Å². The molecule has 0 aliphatic carbocycles. The standard InChI is InChI=1S/C13H9N5OS/c14-5-8-6-20-7-10(8)16-13(19)11-3-1-9-2-4-12(15)17-18(9)11/h1-4,6-7H,(H2,15,17)(H,16,19). The molecular weight excluding hydrogens is 274 g/mol. The predicted molar refractivity (Wildman–Crippen MR) is 76.6 cm³/mol. The number of thiophene rings is 1. The highest BCUT2D eigenvalue weighted by Gasteiger charge is 2.14. The van der Waals surface area contributed by atoms with Crippen molar-refractivity contribution in [3.63, 3.8) is 0 Å². The van der Waals surface area contributed by atoms with Crippen LogP contribution in [0, 0.1) is 11.3 Å². The van der Waals surface area contributed by atoms with Gasteiger partial charge in [-0.05, 0) is 24.3 Å². The summed E-state index contributed by atoms with van der Waals surface area (Å²) in [6.45, 7) is 0. The number of anilines is 2. The fraction of sp³-hybridized carbons (Fsp3) is 0. The van der Waals surface area contributed by atoms with Gasteiger partial charge in [0, 0.05) is 10.8 Å². The zero-order chi connectivity index (χ0) is 14.1. The zero-order valence-corrected chi connectivity index (χ0v) is 11.0. The van der Waals surface area contributed by atoms with Gasteiger partial charge < -0.3 is 11.1 Å². The van der Waals surface area contributed by atoms with Gasteiger partial charge >= 0.3 is 0 Å². The van der Waals surface area contributed by atoms with Crippen LogP contribution in [0.2, 0.25) is 0 Å². The number of nitrogens with zero attached hydrogens (tertiary/aromatic N) is 3. The van der Waals surface area contributed by atoms with E-state index < -0.39 is 0 Å². The Morgan fingerprint density at radius 1 is 1.35 bits per heavy atom. The molecule has 3 rings (SSSR count). The Morgan fingerprint density at radius 3 is 2.95 bits per heavy atom. The van der Waals surface area contributed by atoms with Crippen LogP contribution in [-0.2, 0) is 0 Å². The van der Waals surface area contributed by atoms with Crippen LogP contribution >= 0.6 is 11.3 Å². The van der Waals surface area contributed by atoms with Crippen LogP contribution in [0.25, 0.3) is 5.52 Å². The number of aromatic nitrogens is 2. The van der Waals surface area contributed by atoms with Crippen molar-refractivity contribution in [3.8, 4) is 6.07 Å². The summed E-state index contributed by atoms with van der Waals surface area (Å²) in [6.07, 6.45) is 0. The van der Waals surface area contributed by atoms with Crippen molar-refractivity contribution in [2.24, 2.45) is 0 Å². The minimum absolute atomic E-state index is 0.330. The van der Waals surface area contributed by atoms with Crippen LogP contribution < -0.4 is 11.1 Å². The zero-order valence-electron chi connectivity index (χ0n) is 10.2. The second-order valence-electron chi connectivity index (χ2n) is 4.08. The molecule has 0 radical (unpaired) electrons. The van der Waals surface area contributed by atoms with Gasteiger partial charge in [-0.3, -0.25) is 4.79 Å². The molecule has 0 spiro atoms. The summed E-state index contributed by atoms with van der Waals surface area (Å²) < 4.78 is 1.48. The largest absolute Gasteiger partial charge is 0.382 e. The van der Waals surface area contributed by atoms with E-state index in [9.17, 15) is 4.79 Å². The Bertz CT molecular complexity index is 842. The highest BCUT2D eigenvalue weighted by molar-refractivity contribution is 7.08. The van der Waals surface area contributed by atoms with Gasteiger partial charge in [-0.1, -0.05) is 0 Å². The SMILES string of the molecule is N#Cc1cscc1NC(=O)c1ccc2ccc(N)nn12. The minimum atomic E-state index is -0.335. The van der Waals surface area contributed by atoms with E-state index in [4.69, 9.17) is 11.0 Å². The van der Waals surface area contributed by atoms with Gasteiger partial charge in [-0.2, -0.15) is 10.4 Å². The Morgan fingerprint density at radius 2 is 2.15 bits per heavy atom. The molecule has 3 aromatic heterocycles. The molecule has 0 saturated carbocycles. The van der Waals surface area contributed by atoms with Crippen molar-refractivity contribution in [2.45, 2.75) is 0 Å². The van der Waals surface area contributed by atoms with Gasteiger partial charge in [0.1, 0.15) is 17.6 Å². The molecule has 6 nitrogen and oxygen atoms in total. The molecule has 0 aromatic carbocycles. The van der Waals surface area contributed by atoms with Crippen molar-refractivity contribution in [3.05, 3.63) is 46.3 Å². The summed E-state index contributed by atoms with van der Waals surface area (Å²) >= 11 is 1.36. The van der Waals surface area contributed by atoms with Gasteiger partial charge in [-0.15, -0.1) is 11.3 Å². The first kappa shape index (κ1) is 12.2.